The smallest absolute Gasteiger partial charge is 0.435 e. The van der Waals surface area contributed by atoms with Crippen molar-refractivity contribution in [3.8, 4) is 28.4 Å². The minimum atomic E-state index is -4.71. The number of esters is 1. The Kier molecular flexibility index (Phi) is 7.06. The molecule has 4 aromatic rings. The second-order valence-corrected chi connectivity index (χ2v) is 7.85. The first-order valence-electron chi connectivity index (χ1n) is 10.8. The van der Waals surface area contributed by atoms with Crippen molar-refractivity contribution in [3.63, 3.8) is 0 Å². The van der Waals surface area contributed by atoms with Crippen LogP contribution in [0.1, 0.15) is 16.1 Å². The summed E-state index contributed by atoms with van der Waals surface area (Å²) in [5.74, 6) is 0.0477. The Labute approximate surface area is 213 Å². The van der Waals surface area contributed by atoms with Crippen molar-refractivity contribution in [3.05, 3.63) is 70.5 Å². The van der Waals surface area contributed by atoms with Gasteiger partial charge >= 0.3 is 12.1 Å². The lowest BCUT2D eigenvalue weighted by atomic mass is 10.1. The fourth-order valence-corrected chi connectivity index (χ4v) is 3.53. The average molecular weight is 530 g/mol. The van der Waals surface area contributed by atoms with Gasteiger partial charge in [0, 0.05) is 49.5 Å². The van der Waals surface area contributed by atoms with Gasteiger partial charge in [-0.25, -0.2) is 14.5 Å². The second kappa shape index (κ2) is 10.2. The highest BCUT2D eigenvalue weighted by Gasteiger charge is 2.34. The molecule has 0 aliphatic carbocycles. The summed E-state index contributed by atoms with van der Waals surface area (Å²) in [5, 5.41) is 6.54. The molecule has 0 aliphatic heterocycles. The van der Waals surface area contributed by atoms with Crippen LogP contribution in [0.15, 0.2) is 53.7 Å². The molecular formula is C24H21F3N6O5. The molecule has 4 rings (SSSR count). The second-order valence-electron chi connectivity index (χ2n) is 7.85. The third kappa shape index (κ3) is 5.28. The number of pyridine rings is 1. The van der Waals surface area contributed by atoms with Gasteiger partial charge in [0.25, 0.3) is 5.56 Å². The van der Waals surface area contributed by atoms with Crippen LogP contribution in [0.3, 0.4) is 0 Å². The minimum absolute atomic E-state index is 0.0240. The molecule has 198 valence electrons. The first kappa shape index (κ1) is 26.2. The minimum Gasteiger partial charge on any atom is -0.497 e. The highest BCUT2D eigenvalue weighted by Crippen LogP contribution is 2.31. The molecule has 1 N–H and O–H groups in total. The summed E-state index contributed by atoms with van der Waals surface area (Å²) >= 11 is 0. The molecule has 14 heteroatoms. The summed E-state index contributed by atoms with van der Waals surface area (Å²) in [4.78, 5) is 33.7. The summed E-state index contributed by atoms with van der Waals surface area (Å²) in [6.45, 7) is 0. The van der Waals surface area contributed by atoms with Crippen molar-refractivity contribution < 1.29 is 32.2 Å². The predicted octanol–water partition coefficient (Wildman–Crippen LogP) is 3.59. The SMILES string of the molecule is COC(=O)c1cc(-c2cnc(Nc3cc(OC)cc(OC)c3)nc2-n2ccc(C(F)(F)F)n2)c(=O)n(C)c1. The van der Waals surface area contributed by atoms with E-state index in [9.17, 15) is 22.8 Å². The Bertz CT molecular complexity index is 1540. The van der Waals surface area contributed by atoms with Crippen LogP contribution in [0.25, 0.3) is 16.9 Å². The van der Waals surface area contributed by atoms with Crippen LogP contribution in [-0.4, -0.2) is 51.6 Å². The number of hydrogen-bond donors (Lipinski definition) is 1. The number of alkyl halides is 3. The Morgan fingerprint density at radius 2 is 1.71 bits per heavy atom. The van der Waals surface area contributed by atoms with Crippen LogP contribution in [0.4, 0.5) is 24.8 Å². The van der Waals surface area contributed by atoms with Crippen molar-refractivity contribution in [1.29, 1.82) is 0 Å². The van der Waals surface area contributed by atoms with Gasteiger partial charge in [0.05, 0.1) is 38.0 Å². The lowest BCUT2D eigenvalue weighted by molar-refractivity contribution is -0.141. The number of nitrogens with zero attached hydrogens (tertiary/aromatic N) is 5. The van der Waals surface area contributed by atoms with E-state index in [0.29, 0.717) is 17.2 Å². The number of benzene rings is 1. The van der Waals surface area contributed by atoms with Crippen LogP contribution in [0, 0.1) is 0 Å². The topological polar surface area (TPSA) is 122 Å². The third-order valence-electron chi connectivity index (χ3n) is 5.37. The number of hydrogen-bond acceptors (Lipinski definition) is 9. The maximum atomic E-state index is 13.3. The van der Waals surface area contributed by atoms with Gasteiger partial charge in [-0.3, -0.25) is 4.79 Å². The highest BCUT2D eigenvalue weighted by atomic mass is 19.4. The number of halogens is 3. The fraction of sp³-hybridized carbons (Fsp3) is 0.208. The number of aromatic nitrogens is 5. The van der Waals surface area contributed by atoms with Crippen molar-refractivity contribution in [2.24, 2.45) is 7.05 Å². The maximum absolute atomic E-state index is 13.3. The molecule has 1 aromatic carbocycles. The molecule has 0 unspecified atom stereocenters. The monoisotopic (exact) mass is 530 g/mol. The Balaban J connectivity index is 1.89. The number of ether oxygens (including phenoxy) is 3. The molecular weight excluding hydrogens is 509 g/mol. The molecule has 0 fully saturated rings. The molecule has 0 radical (unpaired) electrons. The van der Waals surface area contributed by atoms with Gasteiger partial charge < -0.3 is 24.1 Å². The largest absolute Gasteiger partial charge is 0.497 e. The summed E-state index contributed by atoms with van der Waals surface area (Å²) in [7, 11) is 5.54. The standard InChI is InChI=1S/C24H21F3N6O5/c1-32-12-13(22(35)38-4)7-17(21(32)34)18-11-28-23(29-14-8-15(36-2)10-16(9-14)37-3)30-20(18)33-6-5-19(31-33)24(25,26)27/h5-12H,1-4H3,(H,28,29,30). The molecule has 0 bridgehead atoms. The molecule has 0 spiro atoms. The average Bonchev–Trinajstić information content (AvgIpc) is 3.40. The van der Waals surface area contributed by atoms with E-state index in [1.807, 2.05) is 0 Å². The zero-order valence-corrected chi connectivity index (χ0v) is 20.5. The number of nitrogens with one attached hydrogen (secondary N) is 1. The molecule has 0 atom stereocenters. The van der Waals surface area contributed by atoms with Gasteiger partial charge in [0.2, 0.25) is 5.95 Å². The van der Waals surface area contributed by atoms with E-state index >= 15 is 0 Å². The molecule has 0 saturated heterocycles. The third-order valence-corrected chi connectivity index (χ3v) is 5.37. The molecule has 0 aliphatic rings. The van der Waals surface area contributed by atoms with Crippen LogP contribution < -0.4 is 20.3 Å². The van der Waals surface area contributed by atoms with E-state index in [1.54, 1.807) is 18.2 Å². The van der Waals surface area contributed by atoms with E-state index in [-0.39, 0.29) is 28.5 Å². The first-order chi connectivity index (χ1) is 18.0. The fourth-order valence-electron chi connectivity index (χ4n) is 3.53. The van der Waals surface area contributed by atoms with Gasteiger partial charge in [0.1, 0.15) is 11.5 Å². The number of rotatable bonds is 7. The van der Waals surface area contributed by atoms with Gasteiger partial charge in [0.15, 0.2) is 11.5 Å². The molecule has 11 nitrogen and oxygen atoms in total. The quantitative estimate of drug-likeness (QED) is 0.357. The summed E-state index contributed by atoms with van der Waals surface area (Å²) < 4.78 is 57.2. The Hall–Kier alpha value is -4.88. The molecule has 38 heavy (non-hydrogen) atoms. The van der Waals surface area contributed by atoms with E-state index < -0.39 is 23.4 Å². The van der Waals surface area contributed by atoms with E-state index in [1.165, 1.54) is 46.8 Å². The number of methoxy groups -OCH3 is 3. The number of carbonyl (C=O) groups is 1. The van der Waals surface area contributed by atoms with Gasteiger partial charge in [-0.2, -0.15) is 23.3 Å². The number of carbonyl (C=O) groups excluding carboxylic acids is 1. The molecule has 0 saturated carbocycles. The summed E-state index contributed by atoms with van der Waals surface area (Å²) in [6.07, 6.45) is -1.13. The van der Waals surface area contributed by atoms with E-state index in [0.717, 1.165) is 21.5 Å². The lowest BCUT2D eigenvalue weighted by Crippen LogP contribution is -2.21. The summed E-state index contributed by atoms with van der Waals surface area (Å²) in [5.41, 5.74) is -1.24. The number of anilines is 2. The molecule has 3 aromatic heterocycles. The van der Waals surface area contributed by atoms with Crippen molar-refractivity contribution >= 4 is 17.6 Å². The normalized spacial score (nSPS) is 11.2. The van der Waals surface area contributed by atoms with Crippen molar-refractivity contribution in [1.82, 2.24) is 24.3 Å². The lowest BCUT2D eigenvalue weighted by Gasteiger charge is -2.14. The van der Waals surface area contributed by atoms with Gasteiger partial charge in [-0.15, -0.1) is 0 Å². The van der Waals surface area contributed by atoms with Crippen molar-refractivity contribution in [2.45, 2.75) is 6.18 Å². The zero-order chi connectivity index (χ0) is 27.6. The van der Waals surface area contributed by atoms with Crippen LogP contribution in [0.2, 0.25) is 0 Å². The van der Waals surface area contributed by atoms with E-state index in [2.05, 4.69) is 20.4 Å². The van der Waals surface area contributed by atoms with Crippen LogP contribution in [0.5, 0.6) is 11.5 Å². The Morgan fingerprint density at radius 3 is 2.29 bits per heavy atom. The van der Waals surface area contributed by atoms with E-state index in [4.69, 9.17) is 14.2 Å². The maximum Gasteiger partial charge on any atom is 0.435 e. The van der Waals surface area contributed by atoms with Gasteiger partial charge in [-0.05, 0) is 12.1 Å². The van der Waals surface area contributed by atoms with Gasteiger partial charge in [-0.1, -0.05) is 0 Å². The summed E-state index contributed by atoms with van der Waals surface area (Å²) in [6, 6.07) is 6.93. The van der Waals surface area contributed by atoms with Crippen LogP contribution in [-0.2, 0) is 18.0 Å². The molecule has 3 heterocycles. The predicted molar refractivity (Wildman–Crippen MR) is 129 cm³/mol. The highest BCUT2D eigenvalue weighted by molar-refractivity contribution is 5.90. The molecule has 0 amide bonds. The van der Waals surface area contributed by atoms with Crippen molar-refractivity contribution in [2.75, 3.05) is 26.6 Å². The number of aryl methyl sites for hydroxylation is 1. The first-order valence-corrected chi connectivity index (χ1v) is 10.8. The zero-order valence-electron chi connectivity index (χ0n) is 20.5. The van der Waals surface area contributed by atoms with Crippen LogP contribution >= 0.6 is 0 Å². The Morgan fingerprint density at radius 1 is 1.03 bits per heavy atom.